The number of carbonyl (C=O) groups is 1. The minimum absolute atomic E-state index is 0.0304. The molecule has 0 bridgehead atoms. The van der Waals surface area contributed by atoms with E-state index in [1.54, 1.807) is 6.92 Å². The van der Waals surface area contributed by atoms with Gasteiger partial charge in [0.15, 0.2) is 0 Å². The van der Waals surface area contributed by atoms with Gasteiger partial charge in [0.25, 0.3) is 5.56 Å². The molecule has 0 spiro atoms. The van der Waals surface area contributed by atoms with E-state index in [0.29, 0.717) is 19.6 Å². The summed E-state index contributed by atoms with van der Waals surface area (Å²) in [4.78, 5) is 36.4. The monoisotopic (exact) mass is 307 g/mol. The first kappa shape index (κ1) is 17.7. The van der Waals surface area contributed by atoms with Gasteiger partial charge in [0.2, 0.25) is 5.91 Å². The van der Waals surface area contributed by atoms with E-state index in [4.69, 9.17) is 4.74 Å². The molecule has 0 unspecified atom stereocenters. The first-order chi connectivity index (χ1) is 10.5. The number of ether oxygens (including phenoxy) is 1. The molecule has 7 heteroatoms. The van der Waals surface area contributed by atoms with Gasteiger partial charge in [0.05, 0.1) is 6.61 Å². The van der Waals surface area contributed by atoms with Gasteiger partial charge in [-0.25, -0.2) is 4.79 Å². The number of aromatic amines is 1. The Bertz CT molecular complexity index is 676. The molecule has 0 aliphatic rings. The van der Waals surface area contributed by atoms with Crippen LogP contribution in [-0.2, 0) is 9.53 Å². The van der Waals surface area contributed by atoms with Crippen molar-refractivity contribution in [1.82, 2.24) is 14.9 Å². The van der Waals surface area contributed by atoms with Gasteiger partial charge in [-0.15, -0.1) is 0 Å². The molecule has 0 atom stereocenters. The summed E-state index contributed by atoms with van der Waals surface area (Å²) in [6, 6.07) is -0.0664. The highest BCUT2D eigenvalue weighted by Gasteiger charge is 2.04. The van der Waals surface area contributed by atoms with Gasteiger partial charge < -0.3 is 10.1 Å². The fourth-order valence-electron chi connectivity index (χ4n) is 1.60. The summed E-state index contributed by atoms with van der Waals surface area (Å²) in [5.74, 6) is 5.36. The fraction of sp³-hybridized carbons (Fsp3) is 0.533. The van der Waals surface area contributed by atoms with E-state index in [-0.39, 0.29) is 24.1 Å². The van der Waals surface area contributed by atoms with E-state index >= 15 is 0 Å². The lowest BCUT2D eigenvalue weighted by Crippen LogP contribution is -2.32. The molecule has 1 amide bonds. The van der Waals surface area contributed by atoms with Crippen molar-refractivity contribution in [2.75, 3.05) is 19.8 Å². The van der Waals surface area contributed by atoms with Crippen LogP contribution in [0.5, 0.6) is 0 Å². The van der Waals surface area contributed by atoms with Crippen LogP contribution in [0.4, 0.5) is 0 Å². The number of hydrogen-bond acceptors (Lipinski definition) is 4. The van der Waals surface area contributed by atoms with Crippen molar-refractivity contribution in [2.24, 2.45) is 0 Å². The van der Waals surface area contributed by atoms with Crippen LogP contribution in [0, 0.1) is 11.8 Å². The van der Waals surface area contributed by atoms with Crippen LogP contribution >= 0.6 is 0 Å². The zero-order chi connectivity index (χ0) is 16.5. The Morgan fingerprint density at radius 3 is 2.82 bits per heavy atom. The van der Waals surface area contributed by atoms with Crippen LogP contribution < -0.4 is 16.6 Å². The molecule has 7 nitrogen and oxygen atoms in total. The van der Waals surface area contributed by atoms with Gasteiger partial charge in [-0.05, 0) is 13.8 Å². The zero-order valence-corrected chi connectivity index (χ0v) is 13.1. The third kappa shape index (κ3) is 5.58. The Balaban J connectivity index is 2.55. The third-order valence-electron chi connectivity index (χ3n) is 2.81. The van der Waals surface area contributed by atoms with Gasteiger partial charge in [-0.3, -0.25) is 19.1 Å². The molecule has 1 aromatic rings. The summed E-state index contributed by atoms with van der Waals surface area (Å²) in [5.41, 5.74) is -0.741. The Kier molecular flexibility index (Phi) is 7.13. The average Bonchev–Trinajstić information content (AvgIpc) is 2.47. The summed E-state index contributed by atoms with van der Waals surface area (Å²) < 4.78 is 6.63. The fourth-order valence-corrected chi connectivity index (χ4v) is 1.60. The molecule has 0 aliphatic carbocycles. The van der Waals surface area contributed by atoms with Gasteiger partial charge in [-0.2, -0.15) is 0 Å². The SMILES string of the molecule is CCC(=O)NCCOCC#Cc1cn(C(C)C)c(=O)[nH]c1=O. The zero-order valence-electron chi connectivity index (χ0n) is 13.1. The lowest BCUT2D eigenvalue weighted by molar-refractivity contribution is -0.120. The second kappa shape index (κ2) is 8.85. The summed E-state index contributed by atoms with van der Waals surface area (Å²) in [6.45, 7) is 6.36. The molecule has 0 fully saturated rings. The van der Waals surface area contributed by atoms with Crippen molar-refractivity contribution in [3.63, 3.8) is 0 Å². The van der Waals surface area contributed by atoms with Gasteiger partial charge >= 0.3 is 5.69 Å². The van der Waals surface area contributed by atoms with Crippen molar-refractivity contribution >= 4 is 5.91 Å². The smallest absolute Gasteiger partial charge is 0.328 e. The number of nitrogens with one attached hydrogen (secondary N) is 2. The predicted octanol–water partition coefficient (Wildman–Crippen LogP) is 0.0118. The molecule has 1 heterocycles. The largest absolute Gasteiger partial charge is 0.367 e. The van der Waals surface area contributed by atoms with Crippen LogP contribution in [-0.4, -0.2) is 35.2 Å². The van der Waals surface area contributed by atoms with Gasteiger partial charge in [0, 0.05) is 25.2 Å². The summed E-state index contributed by atoms with van der Waals surface area (Å²) in [6.07, 6.45) is 1.88. The summed E-state index contributed by atoms with van der Waals surface area (Å²) >= 11 is 0. The second-order valence-electron chi connectivity index (χ2n) is 4.86. The van der Waals surface area contributed by atoms with Gasteiger partial charge in [0.1, 0.15) is 12.2 Å². The molecule has 0 saturated carbocycles. The maximum atomic E-state index is 11.6. The number of nitrogens with zero attached hydrogens (tertiary/aromatic N) is 1. The Labute approximate surface area is 128 Å². The molecule has 22 heavy (non-hydrogen) atoms. The first-order valence-electron chi connectivity index (χ1n) is 7.14. The minimum Gasteiger partial charge on any atom is -0.367 e. The van der Waals surface area contributed by atoms with Crippen LogP contribution in [0.25, 0.3) is 0 Å². The van der Waals surface area contributed by atoms with Crippen molar-refractivity contribution in [3.05, 3.63) is 32.6 Å². The maximum Gasteiger partial charge on any atom is 0.328 e. The molecule has 0 aliphatic heterocycles. The molecule has 0 saturated heterocycles. The number of carbonyl (C=O) groups excluding carboxylic acids is 1. The topological polar surface area (TPSA) is 93.2 Å². The Hall–Kier alpha value is -2.33. The summed E-state index contributed by atoms with van der Waals surface area (Å²) in [5, 5.41) is 2.67. The van der Waals surface area contributed by atoms with E-state index in [0.717, 1.165) is 0 Å². The lowest BCUT2D eigenvalue weighted by atomic mass is 10.3. The molecular weight excluding hydrogens is 286 g/mol. The Morgan fingerprint density at radius 1 is 1.45 bits per heavy atom. The number of hydrogen-bond donors (Lipinski definition) is 2. The minimum atomic E-state index is -0.510. The second-order valence-corrected chi connectivity index (χ2v) is 4.86. The highest BCUT2D eigenvalue weighted by Crippen LogP contribution is 1.98. The highest BCUT2D eigenvalue weighted by molar-refractivity contribution is 5.75. The number of aromatic nitrogens is 2. The normalized spacial score (nSPS) is 10.2. The van der Waals surface area contributed by atoms with Crippen LogP contribution in [0.2, 0.25) is 0 Å². The molecule has 1 rings (SSSR count). The highest BCUT2D eigenvalue weighted by atomic mass is 16.5. The van der Waals surface area contributed by atoms with Crippen molar-refractivity contribution in [2.45, 2.75) is 33.2 Å². The number of rotatable bonds is 6. The van der Waals surface area contributed by atoms with E-state index in [2.05, 4.69) is 22.1 Å². The van der Waals surface area contributed by atoms with Crippen molar-refractivity contribution in [3.8, 4) is 11.8 Å². The van der Waals surface area contributed by atoms with Gasteiger partial charge in [-0.1, -0.05) is 18.8 Å². The van der Waals surface area contributed by atoms with E-state index in [9.17, 15) is 14.4 Å². The van der Waals surface area contributed by atoms with Crippen molar-refractivity contribution < 1.29 is 9.53 Å². The molecule has 2 N–H and O–H groups in total. The Morgan fingerprint density at radius 2 is 2.18 bits per heavy atom. The number of amides is 1. The van der Waals surface area contributed by atoms with E-state index in [1.165, 1.54) is 10.8 Å². The van der Waals surface area contributed by atoms with E-state index < -0.39 is 11.2 Å². The predicted molar refractivity (Wildman–Crippen MR) is 82.7 cm³/mol. The molecule has 120 valence electrons. The molecule has 0 radical (unpaired) electrons. The average molecular weight is 307 g/mol. The number of H-pyrrole nitrogens is 1. The molecule has 1 aromatic heterocycles. The molecule has 0 aromatic carbocycles. The van der Waals surface area contributed by atoms with Crippen molar-refractivity contribution in [1.29, 1.82) is 0 Å². The summed E-state index contributed by atoms with van der Waals surface area (Å²) in [7, 11) is 0. The lowest BCUT2D eigenvalue weighted by Gasteiger charge is -2.08. The molecular formula is C15H21N3O4. The standard InChI is InChI=1S/C15H21N3O4/c1-4-13(19)16-7-9-22-8-5-6-12-10-18(11(2)3)15(21)17-14(12)20/h10-11H,4,7-9H2,1-3H3,(H,16,19)(H,17,20,21). The van der Waals surface area contributed by atoms with Crippen LogP contribution in [0.3, 0.4) is 0 Å². The maximum absolute atomic E-state index is 11.6. The van der Waals surface area contributed by atoms with E-state index in [1.807, 2.05) is 13.8 Å². The van der Waals surface area contributed by atoms with Crippen LogP contribution in [0.15, 0.2) is 15.8 Å². The quantitative estimate of drug-likeness (QED) is 0.572. The third-order valence-corrected chi connectivity index (χ3v) is 2.81. The first-order valence-corrected chi connectivity index (χ1v) is 7.14. The van der Waals surface area contributed by atoms with Crippen LogP contribution in [0.1, 0.15) is 38.8 Å².